The smallest absolute Gasteiger partial charge is 0.261 e. The lowest BCUT2D eigenvalue weighted by atomic mass is 10.1. The number of rotatable bonds is 8. The number of para-hydroxylation sites is 1. The van der Waals surface area contributed by atoms with Gasteiger partial charge in [0.05, 0.1) is 26.4 Å². The van der Waals surface area contributed by atoms with E-state index in [2.05, 4.69) is 16.4 Å². The number of hydrogen-bond acceptors (Lipinski definition) is 5. The second kappa shape index (κ2) is 8.53. The summed E-state index contributed by atoms with van der Waals surface area (Å²) in [6.07, 6.45) is 2.39. The molecule has 1 aliphatic rings. The van der Waals surface area contributed by atoms with Crippen LogP contribution in [0.3, 0.4) is 0 Å². The molecule has 2 heterocycles. The van der Waals surface area contributed by atoms with Crippen molar-refractivity contribution in [3.8, 4) is 0 Å². The van der Waals surface area contributed by atoms with Crippen LogP contribution >= 0.6 is 11.3 Å². The van der Waals surface area contributed by atoms with Crippen LogP contribution < -0.4 is 5.32 Å². The highest BCUT2D eigenvalue weighted by atomic mass is 32.1. The number of benzene rings is 2. The summed E-state index contributed by atoms with van der Waals surface area (Å²) in [6, 6.07) is 14.9. The maximum atomic E-state index is 12.3. The summed E-state index contributed by atoms with van der Waals surface area (Å²) >= 11 is 1.69. The molecule has 1 N–H and O–H groups in total. The van der Waals surface area contributed by atoms with E-state index in [9.17, 15) is 14.4 Å². The molecular formula is C22H21N3O3S. The van der Waals surface area contributed by atoms with Crippen LogP contribution in [0.1, 0.15) is 45.0 Å². The number of nitrogens with zero attached hydrogens (tertiary/aromatic N) is 2. The van der Waals surface area contributed by atoms with E-state index in [0.29, 0.717) is 24.1 Å². The fraction of sp³-hybridized carbons (Fsp3) is 0.273. The number of carbonyl (C=O) groups excluding carboxylic acids is 3. The Hall–Kier alpha value is -3.06. The van der Waals surface area contributed by atoms with E-state index >= 15 is 0 Å². The summed E-state index contributed by atoms with van der Waals surface area (Å²) in [5.41, 5.74) is 1.90. The van der Waals surface area contributed by atoms with E-state index in [0.717, 1.165) is 23.4 Å². The first kappa shape index (κ1) is 19.3. The largest absolute Gasteiger partial charge is 0.356 e. The second-order valence-electron chi connectivity index (χ2n) is 6.94. The van der Waals surface area contributed by atoms with Gasteiger partial charge in [0.15, 0.2) is 0 Å². The Morgan fingerprint density at radius 1 is 0.966 bits per heavy atom. The van der Waals surface area contributed by atoms with Gasteiger partial charge in [-0.05, 0) is 37.1 Å². The molecule has 0 saturated heterocycles. The highest BCUT2D eigenvalue weighted by molar-refractivity contribution is 7.18. The zero-order chi connectivity index (χ0) is 20.2. The standard InChI is InChI=1S/C22H21N3O3S/c26-19(23-13-5-12-20-24-17-9-3-4-10-18(17)29-20)11-6-14-25-21(27)15-7-1-2-8-16(15)22(25)28/h1-4,7-10H,5-6,11-14H2,(H,23,26). The predicted octanol–water partition coefficient (Wildman–Crippen LogP) is 3.42. The van der Waals surface area contributed by atoms with E-state index in [1.165, 1.54) is 9.60 Å². The van der Waals surface area contributed by atoms with Crippen LogP contribution in [0.5, 0.6) is 0 Å². The normalized spacial score (nSPS) is 13.2. The second-order valence-corrected chi connectivity index (χ2v) is 8.06. The van der Waals surface area contributed by atoms with Crippen molar-refractivity contribution >= 4 is 39.3 Å². The van der Waals surface area contributed by atoms with Crippen molar-refractivity contribution in [2.24, 2.45) is 0 Å². The number of nitrogens with one attached hydrogen (secondary N) is 1. The van der Waals surface area contributed by atoms with Gasteiger partial charge in [-0.3, -0.25) is 19.3 Å². The Labute approximate surface area is 172 Å². The van der Waals surface area contributed by atoms with E-state index < -0.39 is 0 Å². The lowest BCUT2D eigenvalue weighted by molar-refractivity contribution is -0.121. The number of fused-ring (bicyclic) bond motifs is 2. The van der Waals surface area contributed by atoms with E-state index in [-0.39, 0.29) is 30.7 Å². The molecule has 0 radical (unpaired) electrons. The molecule has 0 unspecified atom stereocenters. The molecule has 148 valence electrons. The topological polar surface area (TPSA) is 79.4 Å². The van der Waals surface area contributed by atoms with Gasteiger partial charge in [0, 0.05) is 25.9 Å². The van der Waals surface area contributed by atoms with Crippen molar-refractivity contribution in [3.63, 3.8) is 0 Å². The summed E-state index contributed by atoms with van der Waals surface area (Å²) in [5.74, 6) is -0.616. The maximum Gasteiger partial charge on any atom is 0.261 e. The highest BCUT2D eigenvalue weighted by Gasteiger charge is 2.34. The molecule has 0 atom stereocenters. The van der Waals surface area contributed by atoms with Gasteiger partial charge >= 0.3 is 0 Å². The third-order valence-electron chi connectivity index (χ3n) is 4.89. The zero-order valence-electron chi connectivity index (χ0n) is 15.9. The van der Waals surface area contributed by atoms with E-state index in [1.54, 1.807) is 35.6 Å². The number of aryl methyl sites for hydroxylation is 1. The van der Waals surface area contributed by atoms with Gasteiger partial charge in [-0.2, -0.15) is 0 Å². The summed E-state index contributed by atoms with van der Waals surface area (Å²) in [5, 5.41) is 3.98. The van der Waals surface area contributed by atoms with Crippen molar-refractivity contribution < 1.29 is 14.4 Å². The molecule has 0 bridgehead atoms. The lowest BCUT2D eigenvalue weighted by Gasteiger charge is -2.13. The van der Waals surface area contributed by atoms with Crippen molar-refractivity contribution in [2.45, 2.75) is 25.7 Å². The first-order valence-corrected chi connectivity index (χ1v) is 10.5. The number of amides is 3. The van der Waals surface area contributed by atoms with Crippen LogP contribution in [0.25, 0.3) is 10.2 Å². The fourth-order valence-corrected chi connectivity index (χ4v) is 4.43. The number of hydrogen-bond donors (Lipinski definition) is 1. The molecule has 7 heteroatoms. The van der Waals surface area contributed by atoms with Gasteiger partial charge in [0.1, 0.15) is 0 Å². The van der Waals surface area contributed by atoms with Crippen LogP contribution in [-0.2, 0) is 11.2 Å². The number of carbonyl (C=O) groups is 3. The van der Waals surface area contributed by atoms with E-state index in [4.69, 9.17) is 0 Å². The molecule has 4 rings (SSSR count). The Kier molecular flexibility index (Phi) is 5.67. The molecule has 29 heavy (non-hydrogen) atoms. The van der Waals surface area contributed by atoms with E-state index in [1.807, 2.05) is 18.2 Å². The van der Waals surface area contributed by atoms with Crippen molar-refractivity contribution in [3.05, 3.63) is 64.7 Å². The third-order valence-corrected chi connectivity index (χ3v) is 5.99. The molecule has 3 aromatic rings. The highest BCUT2D eigenvalue weighted by Crippen LogP contribution is 2.23. The van der Waals surface area contributed by atoms with Gasteiger partial charge in [0.2, 0.25) is 5.91 Å². The zero-order valence-corrected chi connectivity index (χ0v) is 16.7. The molecule has 0 aliphatic carbocycles. The van der Waals surface area contributed by atoms with Gasteiger partial charge in [0.25, 0.3) is 11.8 Å². The van der Waals surface area contributed by atoms with Gasteiger partial charge in [-0.15, -0.1) is 11.3 Å². The van der Waals surface area contributed by atoms with Gasteiger partial charge in [-0.25, -0.2) is 4.98 Å². The number of aromatic nitrogens is 1. The predicted molar refractivity (Wildman–Crippen MR) is 112 cm³/mol. The Morgan fingerprint density at radius 3 is 2.38 bits per heavy atom. The summed E-state index contributed by atoms with van der Waals surface area (Å²) in [6.45, 7) is 0.841. The van der Waals surface area contributed by atoms with Crippen LogP contribution in [0.4, 0.5) is 0 Å². The van der Waals surface area contributed by atoms with Crippen molar-refractivity contribution in [1.82, 2.24) is 15.2 Å². The average molecular weight is 407 g/mol. The molecule has 6 nitrogen and oxygen atoms in total. The average Bonchev–Trinajstić information content (AvgIpc) is 3.25. The minimum absolute atomic E-state index is 0.0640. The van der Waals surface area contributed by atoms with Crippen LogP contribution in [0.2, 0.25) is 0 Å². The van der Waals surface area contributed by atoms with Crippen LogP contribution in [-0.4, -0.2) is 40.7 Å². The molecule has 2 aromatic carbocycles. The van der Waals surface area contributed by atoms with Crippen LogP contribution in [0.15, 0.2) is 48.5 Å². The SMILES string of the molecule is O=C(CCCN1C(=O)c2ccccc2C1=O)NCCCc1nc2ccccc2s1. The number of thiazole rings is 1. The first-order chi connectivity index (χ1) is 14.1. The molecule has 1 aromatic heterocycles. The summed E-state index contributed by atoms with van der Waals surface area (Å²) in [7, 11) is 0. The fourth-order valence-electron chi connectivity index (χ4n) is 3.42. The number of imide groups is 1. The third kappa shape index (κ3) is 4.19. The van der Waals surface area contributed by atoms with Gasteiger partial charge < -0.3 is 5.32 Å². The Bertz CT molecular complexity index is 1010. The Morgan fingerprint density at radius 2 is 1.66 bits per heavy atom. The molecule has 3 amide bonds. The quantitative estimate of drug-likeness (QED) is 0.458. The van der Waals surface area contributed by atoms with Crippen LogP contribution in [0, 0.1) is 0 Å². The lowest BCUT2D eigenvalue weighted by Crippen LogP contribution is -2.32. The monoisotopic (exact) mass is 407 g/mol. The maximum absolute atomic E-state index is 12.3. The minimum atomic E-state index is -0.276. The first-order valence-electron chi connectivity index (χ1n) is 9.70. The molecule has 0 saturated carbocycles. The molecule has 1 aliphatic heterocycles. The van der Waals surface area contributed by atoms with Gasteiger partial charge in [-0.1, -0.05) is 24.3 Å². The summed E-state index contributed by atoms with van der Waals surface area (Å²) < 4.78 is 1.18. The molecule has 0 fully saturated rings. The summed E-state index contributed by atoms with van der Waals surface area (Å²) in [4.78, 5) is 42.4. The Balaban J connectivity index is 1.16. The van der Waals surface area contributed by atoms with Crippen molar-refractivity contribution in [2.75, 3.05) is 13.1 Å². The molecule has 0 spiro atoms. The van der Waals surface area contributed by atoms with Crippen molar-refractivity contribution in [1.29, 1.82) is 0 Å². The minimum Gasteiger partial charge on any atom is -0.356 e. The molecular weight excluding hydrogens is 386 g/mol.